The molecule has 1 amide bonds. The third-order valence-electron chi connectivity index (χ3n) is 2.27. The first-order valence-corrected chi connectivity index (χ1v) is 6.06. The van der Waals surface area contributed by atoms with Gasteiger partial charge in [0.2, 0.25) is 0 Å². The molecule has 0 saturated heterocycles. The minimum Gasteiger partial charge on any atom is -0.399 e. The van der Waals surface area contributed by atoms with Gasteiger partial charge in [-0.3, -0.25) is 9.78 Å². The highest BCUT2D eigenvalue weighted by atomic mass is 32.1. The van der Waals surface area contributed by atoms with Crippen molar-refractivity contribution in [3.8, 4) is 0 Å². The summed E-state index contributed by atoms with van der Waals surface area (Å²) in [4.78, 5) is 16.8. The summed E-state index contributed by atoms with van der Waals surface area (Å²) in [5, 5.41) is 2.83. The monoisotopic (exact) mass is 247 g/mol. The van der Waals surface area contributed by atoms with Crippen LogP contribution in [-0.2, 0) is 6.54 Å². The molecule has 0 fully saturated rings. The van der Waals surface area contributed by atoms with Crippen LogP contribution in [0.2, 0.25) is 0 Å². The lowest BCUT2D eigenvalue weighted by atomic mass is 10.1. The number of nitrogens with two attached hydrogens (primary N) is 1. The van der Waals surface area contributed by atoms with Crippen LogP contribution >= 0.6 is 11.3 Å². The molecular weight excluding hydrogens is 234 g/mol. The van der Waals surface area contributed by atoms with E-state index in [1.165, 1.54) is 11.3 Å². The van der Waals surface area contributed by atoms with Crippen molar-refractivity contribution in [1.29, 1.82) is 0 Å². The average Bonchev–Trinajstić information content (AvgIpc) is 2.77. The number of nitrogens with zero attached hydrogens (tertiary/aromatic N) is 1. The minimum absolute atomic E-state index is 0.117. The van der Waals surface area contributed by atoms with Crippen LogP contribution in [0.4, 0.5) is 5.69 Å². The molecule has 0 radical (unpaired) electrons. The van der Waals surface area contributed by atoms with E-state index in [2.05, 4.69) is 10.3 Å². The molecule has 0 aliphatic carbocycles. The van der Waals surface area contributed by atoms with E-state index < -0.39 is 0 Å². The summed E-state index contributed by atoms with van der Waals surface area (Å²) < 4.78 is 0. The molecule has 0 aliphatic heterocycles. The standard InChI is InChI=1S/C12H13N3OS/c1-8-2-9(4-10(13)3-8)12(16)15-6-11-5-14-7-17-11/h2-5,7H,6,13H2,1H3,(H,15,16). The summed E-state index contributed by atoms with van der Waals surface area (Å²) in [7, 11) is 0. The number of aryl methyl sites for hydroxylation is 1. The van der Waals surface area contributed by atoms with Crippen molar-refractivity contribution in [2.45, 2.75) is 13.5 Å². The van der Waals surface area contributed by atoms with Crippen molar-refractivity contribution in [3.63, 3.8) is 0 Å². The number of rotatable bonds is 3. The summed E-state index contributed by atoms with van der Waals surface area (Å²) >= 11 is 1.52. The van der Waals surface area contributed by atoms with E-state index in [-0.39, 0.29) is 5.91 Å². The van der Waals surface area contributed by atoms with E-state index in [0.717, 1.165) is 10.4 Å². The van der Waals surface area contributed by atoms with E-state index in [9.17, 15) is 4.79 Å². The number of benzene rings is 1. The van der Waals surface area contributed by atoms with Gasteiger partial charge in [-0.05, 0) is 30.7 Å². The molecule has 1 heterocycles. The fraction of sp³-hybridized carbons (Fsp3) is 0.167. The SMILES string of the molecule is Cc1cc(N)cc(C(=O)NCc2cncs2)c1. The number of hydrogen-bond donors (Lipinski definition) is 2. The Morgan fingerprint density at radius 1 is 1.47 bits per heavy atom. The van der Waals surface area contributed by atoms with Crippen molar-refractivity contribution in [3.05, 3.63) is 45.9 Å². The van der Waals surface area contributed by atoms with E-state index >= 15 is 0 Å². The zero-order valence-electron chi connectivity index (χ0n) is 9.43. The topological polar surface area (TPSA) is 68.0 Å². The highest BCUT2D eigenvalue weighted by Gasteiger charge is 2.06. The molecule has 1 aromatic heterocycles. The molecule has 88 valence electrons. The second-order valence-corrected chi connectivity index (χ2v) is 4.75. The zero-order chi connectivity index (χ0) is 12.3. The first-order valence-electron chi connectivity index (χ1n) is 5.18. The van der Waals surface area contributed by atoms with Crippen LogP contribution in [0.1, 0.15) is 20.8 Å². The van der Waals surface area contributed by atoms with Gasteiger partial charge in [0.25, 0.3) is 5.91 Å². The van der Waals surface area contributed by atoms with Crippen LogP contribution in [0.15, 0.2) is 29.9 Å². The Balaban J connectivity index is 2.04. The van der Waals surface area contributed by atoms with Crippen LogP contribution in [0, 0.1) is 6.92 Å². The molecule has 0 aliphatic rings. The molecule has 2 rings (SSSR count). The minimum atomic E-state index is -0.117. The van der Waals surface area contributed by atoms with E-state index in [0.29, 0.717) is 17.8 Å². The number of nitrogens with one attached hydrogen (secondary N) is 1. The molecule has 0 unspecified atom stereocenters. The third kappa shape index (κ3) is 3.04. The molecule has 1 aromatic carbocycles. The number of carbonyl (C=O) groups is 1. The predicted molar refractivity (Wildman–Crippen MR) is 68.9 cm³/mol. The number of carbonyl (C=O) groups excluding carboxylic acids is 1. The fourth-order valence-corrected chi connectivity index (χ4v) is 2.08. The van der Waals surface area contributed by atoms with Crippen molar-refractivity contribution in [1.82, 2.24) is 10.3 Å². The highest BCUT2D eigenvalue weighted by molar-refractivity contribution is 7.09. The Hall–Kier alpha value is -1.88. The van der Waals surface area contributed by atoms with Crippen molar-refractivity contribution >= 4 is 22.9 Å². The molecule has 4 nitrogen and oxygen atoms in total. The molecule has 0 saturated carbocycles. The number of amides is 1. The van der Waals surface area contributed by atoms with Crippen LogP contribution in [0.5, 0.6) is 0 Å². The Labute approximate surface area is 103 Å². The van der Waals surface area contributed by atoms with Crippen LogP contribution in [0.25, 0.3) is 0 Å². The van der Waals surface area contributed by atoms with Gasteiger partial charge in [0.05, 0.1) is 12.1 Å². The van der Waals surface area contributed by atoms with Gasteiger partial charge in [-0.1, -0.05) is 0 Å². The zero-order valence-corrected chi connectivity index (χ0v) is 10.3. The molecule has 17 heavy (non-hydrogen) atoms. The van der Waals surface area contributed by atoms with Gasteiger partial charge in [0.15, 0.2) is 0 Å². The summed E-state index contributed by atoms with van der Waals surface area (Å²) in [6.07, 6.45) is 1.75. The average molecular weight is 247 g/mol. The maximum absolute atomic E-state index is 11.9. The van der Waals surface area contributed by atoms with Gasteiger partial charge in [-0.15, -0.1) is 11.3 Å². The Morgan fingerprint density at radius 2 is 2.29 bits per heavy atom. The quantitative estimate of drug-likeness (QED) is 0.815. The summed E-state index contributed by atoms with van der Waals surface area (Å²) in [5.74, 6) is -0.117. The lowest BCUT2D eigenvalue weighted by Crippen LogP contribution is -2.22. The number of anilines is 1. The molecule has 3 N–H and O–H groups in total. The number of nitrogen functional groups attached to an aromatic ring is 1. The Kier molecular flexibility index (Phi) is 3.39. The van der Waals surface area contributed by atoms with E-state index in [1.54, 1.807) is 17.8 Å². The first kappa shape index (κ1) is 11.6. The third-order valence-corrected chi connectivity index (χ3v) is 3.05. The highest BCUT2D eigenvalue weighted by Crippen LogP contribution is 2.11. The Bertz CT molecular complexity index is 502. The van der Waals surface area contributed by atoms with Gasteiger partial charge < -0.3 is 11.1 Å². The second-order valence-electron chi connectivity index (χ2n) is 3.78. The van der Waals surface area contributed by atoms with Gasteiger partial charge in [-0.2, -0.15) is 0 Å². The van der Waals surface area contributed by atoms with Gasteiger partial charge in [-0.25, -0.2) is 0 Å². The van der Waals surface area contributed by atoms with Gasteiger partial charge in [0.1, 0.15) is 0 Å². The van der Waals surface area contributed by atoms with Crippen molar-refractivity contribution in [2.75, 3.05) is 5.73 Å². The van der Waals surface area contributed by atoms with Gasteiger partial charge in [0, 0.05) is 22.3 Å². The lowest BCUT2D eigenvalue weighted by molar-refractivity contribution is 0.0951. The van der Waals surface area contributed by atoms with E-state index in [1.807, 2.05) is 19.1 Å². The maximum Gasteiger partial charge on any atom is 0.251 e. The van der Waals surface area contributed by atoms with Gasteiger partial charge >= 0.3 is 0 Å². The Morgan fingerprint density at radius 3 is 2.94 bits per heavy atom. The molecule has 5 heteroatoms. The van der Waals surface area contributed by atoms with E-state index in [4.69, 9.17) is 5.73 Å². The predicted octanol–water partition coefficient (Wildman–Crippen LogP) is 1.96. The summed E-state index contributed by atoms with van der Waals surface area (Å²) in [5.41, 5.74) is 9.62. The lowest BCUT2D eigenvalue weighted by Gasteiger charge is -2.05. The fourth-order valence-electron chi connectivity index (χ4n) is 1.54. The number of aromatic nitrogens is 1. The molecule has 0 bridgehead atoms. The number of hydrogen-bond acceptors (Lipinski definition) is 4. The maximum atomic E-state index is 11.9. The number of thiazole rings is 1. The van der Waals surface area contributed by atoms with Crippen LogP contribution in [-0.4, -0.2) is 10.9 Å². The second kappa shape index (κ2) is 4.97. The van der Waals surface area contributed by atoms with Crippen LogP contribution < -0.4 is 11.1 Å². The normalized spacial score (nSPS) is 10.2. The summed E-state index contributed by atoms with van der Waals surface area (Å²) in [6, 6.07) is 5.33. The molecular formula is C12H13N3OS. The first-order chi connectivity index (χ1) is 8.15. The van der Waals surface area contributed by atoms with Crippen molar-refractivity contribution in [2.24, 2.45) is 0 Å². The summed E-state index contributed by atoms with van der Waals surface area (Å²) in [6.45, 7) is 2.41. The van der Waals surface area contributed by atoms with Crippen molar-refractivity contribution < 1.29 is 4.79 Å². The molecule has 0 spiro atoms. The smallest absolute Gasteiger partial charge is 0.251 e. The largest absolute Gasteiger partial charge is 0.399 e. The van der Waals surface area contributed by atoms with Crippen LogP contribution in [0.3, 0.4) is 0 Å². The molecule has 2 aromatic rings. The molecule has 0 atom stereocenters.